The SMILES string of the molecule is CC1(C)[C@@]2(C(=O)N3CCC[C@@H](C(=O)O)C3)CC[C@]1(C)C(=O)C2. The van der Waals surface area contributed by atoms with Crippen molar-refractivity contribution in [1.82, 2.24) is 4.90 Å². The van der Waals surface area contributed by atoms with E-state index in [0.717, 1.165) is 19.3 Å². The van der Waals surface area contributed by atoms with Crippen LogP contribution in [0.2, 0.25) is 0 Å². The number of amides is 1. The summed E-state index contributed by atoms with van der Waals surface area (Å²) in [6.07, 6.45) is 3.19. The second-order valence-electron chi connectivity index (χ2n) is 8.07. The number of Topliss-reactive ketones (excluding diaryl/α,β-unsaturated/α-hetero) is 1. The summed E-state index contributed by atoms with van der Waals surface area (Å²) in [5, 5.41) is 9.23. The number of hydrogen-bond acceptors (Lipinski definition) is 3. The number of carbonyl (C=O) groups is 3. The number of carboxylic acids is 1. The van der Waals surface area contributed by atoms with Gasteiger partial charge in [-0.2, -0.15) is 0 Å². The average Bonchev–Trinajstić information content (AvgIpc) is 2.77. The Morgan fingerprint density at radius 3 is 2.41 bits per heavy atom. The first-order chi connectivity index (χ1) is 10.2. The Morgan fingerprint density at radius 2 is 1.91 bits per heavy atom. The molecule has 0 aromatic carbocycles. The molecule has 2 saturated carbocycles. The van der Waals surface area contributed by atoms with Crippen molar-refractivity contribution in [2.75, 3.05) is 13.1 Å². The van der Waals surface area contributed by atoms with Crippen molar-refractivity contribution in [3.05, 3.63) is 0 Å². The molecule has 122 valence electrons. The van der Waals surface area contributed by atoms with Crippen LogP contribution < -0.4 is 0 Å². The molecule has 5 heteroatoms. The van der Waals surface area contributed by atoms with Crippen LogP contribution in [0.15, 0.2) is 0 Å². The standard InChI is InChI=1S/C17H25NO4/c1-15(2)16(3)6-7-17(15,9-12(16)19)14(22)18-8-4-5-11(10-18)13(20)21/h11H,4-10H2,1-3H3,(H,20,21)/t11-,16-,17+/m1/s1. The molecule has 3 fully saturated rings. The molecule has 1 heterocycles. The normalized spacial score (nSPS) is 40.0. The summed E-state index contributed by atoms with van der Waals surface area (Å²) in [7, 11) is 0. The van der Waals surface area contributed by atoms with Crippen molar-refractivity contribution in [3.63, 3.8) is 0 Å². The van der Waals surface area contributed by atoms with Gasteiger partial charge in [0, 0.05) is 24.9 Å². The first-order valence-corrected chi connectivity index (χ1v) is 8.21. The van der Waals surface area contributed by atoms with Crippen molar-refractivity contribution in [2.24, 2.45) is 22.2 Å². The van der Waals surface area contributed by atoms with Crippen LogP contribution in [-0.4, -0.2) is 40.8 Å². The van der Waals surface area contributed by atoms with Crippen molar-refractivity contribution in [1.29, 1.82) is 0 Å². The van der Waals surface area contributed by atoms with Gasteiger partial charge in [0.15, 0.2) is 0 Å². The second-order valence-corrected chi connectivity index (χ2v) is 8.07. The highest BCUT2D eigenvalue weighted by molar-refractivity contribution is 5.99. The number of aliphatic carboxylic acids is 1. The quantitative estimate of drug-likeness (QED) is 0.847. The van der Waals surface area contributed by atoms with E-state index in [1.807, 2.05) is 20.8 Å². The summed E-state index contributed by atoms with van der Waals surface area (Å²) >= 11 is 0. The number of fused-ring (bicyclic) bond motifs is 2. The minimum atomic E-state index is -0.826. The van der Waals surface area contributed by atoms with Gasteiger partial charge in [0.2, 0.25) is 5.91 Å². The number of rotatable bonds is 2. The van der Waals surface area contributed by atoms with Crippen LogP contribution in [-0.2, 0) is 14.4 Å². The van der Waals surface area contributed by atoms with E-state index in [-0.39, 0.29) is 23.7 Å². The lowest BCUT2D eigenvalue weighted by atomic mass is 9.64. The molecule has 0 spiro atoms. The number of ketones is 1. The van der Waals surface area contributed by atoms with Gasteiger partial charge in [0.05, 0.1) is 11.3 Å². The Hall–Kier alpha value is -1.39. The van der Waals surface area contributed by atoms with Gasteiger partial charge in [-0.05, 0) is 31.1 Å². The highest BCUT2D eigenvalue weighted by Gasteiger charge is 2.73. The number of likely N-dealkylation sites (tertiary alicyclic amines) is 1. The minimum Gasteiger partial charge on any atom is -0.481 e. The Bertz CT molecular complexity index is 555. The van der Waals surface area contributed by atoms with Crippen LogP contribution in [0.3, 0.4) is 0 Å². The first-order valence-electron chi connectivity index (χ1n) is 8.21. The second kappa shape index (κ2) is 4.56. The van der Waals surface area contributed by atoms with Gasteiger partial charge in [-0.25, -0.2) is 0 Å². The maximum atomic E-state index is 13.2. The molecule has 1 aliphatic heterocycles. The Labute approximate surface area is 131 Å². The van der Waals surface area contributed by atoms with Crippen LogP contribution in [0.4, 0.5) is 0 Å². The Kier molecular flexibility index (Phi) is 3.21. The fraction of sp³-hybridized carbons (Fsp3) is 0.824. The summed E-state index contributed by atoms with van der Waals surface area (Å²) in [6.45, 7) is 6.98. The lowest BCUT2D eigenvalue weighted by molar-refractivity contribution is -0.153. The highest BCUT2D eigenvalue weighted by atomic mass is 16.4. The highest BCUT2D eigenvalue weighted by Crippen LogP contribution is 2.71. The predicted molar refractivity (Wildman–Crippen MR) is 80.1 cm³/mol. The van der Waals surface area contributed by atoms with Gasteiger partial charge >= 0.3 is 5.97 Å². The summed E-state index contributed by atoms with van der Waals surface area (Å²) < 4.78 is 0. The molecule has 3 aliphatic rings. The lowest BCUT2D eigenvalue weighted by Crippen LogP contribution is -2.52. The summed E-state index contributed by atoms with van der Waals surface area (Å²) in [6, 6.07) is 0. The Balaban J connectivity index is 1.89. The van der Waals surface area contributed by atoms with Crippen molar-refractivity contribution >= 4 is 17.7 Å². The molecule has 5 nitrogen and oxygen atoms in total. The maximum absolute atomic E-state index is 13.2. The Morgan fingerprint density at radius 1 is 1.23 bits per heavy atom. The molecule has 0 unspecified atom stereocenters. The molecule has 0 radical (unpaired) electrons. The largest absolute Gasteiger partial charge is 0.481 e. The van der Waals surface area contributed by atoms with E-state index in [4.69, 9.17) is 0 Å². The lowest BCUT2D eigenvalue weighted by Gasteiger charge is -2.43. The number of nitrogens with zero attached hydrogens (tertiary/aromatic N) is 1. The number of carboxylic acid groups (broad SMARTS) is 1. The average molecular weight is 307 g/mol. The number of hydrogen-bond donors (Lipinski definition) is 1. The molecule has 1 N–H and O–H groups in total. The van der Waals surface area contributed by atoms with E-state index < -0.39 is 22.7 Å². The van der Waals surface area contributed by atoms with Gasteiger partial charge in [-0.15, -0.1) is 0 Å². The van der Waals surface area contributed by atoms with Crippen LogP contribution >= 0.6 is 0 Å². The van der Waals surface area contributed by atoms with E-state index in [2.05, 4.69) is 0 Å². The summed E-state index contributed by atoms with van der Waals surface area (Å²) in [5.74, 6) is -1.09. The monoisotopic (exact) mass is 307 g/mol. The molecular formula is C17H25NO4. The van der Waals surface area contributed by atoms with Crippen LogP contribution in [0.5, 0.6) is 0 Å². The molecule has 3 rings (SSSR count). The smallest absolute Gasteiger partial charge is 0.308 e. The topological polar surface area (TPSA) is 74.7 Å². The molecule has 22 heavy (non-hydrogen) atoms. The van der Waals surface area contributed by atoms with Crippen molar-refractivity contribution in [2.45, 2.75) is 52.9 Å². The van der Waals surface area contributed by atoms with E-state index in [9.17, 15) is 19.5 Å². The van der Waals surface area contributed by atoms with E-state index in [0.29, 0.717) is 19.4 Å². The van der Waals surface area contributed by atoms with Crippen molar-refractivity contribution < 1.29 is 19.5 Å². The molecule has 0 aromatic rings. The molecular weight excluding hydrogens is 282 g/mol. The zero-order valence-electron chi connectivity index (χ0n) is 13.6. The maximum Gasteiger partial charge on any atom is 0.308 e. The fourth-order valence-corrected chi connectivity index (χ4v) is 5.00. The first kappa shape index (κ1) is 15.5. The van der Waals surface area contributed by atoms with E-state index in [1.165, 1.54) is 0 Å². The predicted octanol–water partition coefficient (Wildman–Crippen LogP) is 2.10. The molecule has 3 atom stereocenters. The fourth-order valence-electron chi connectivity index (χ4n) is 5.00. The number of carbonyl (C=O) groups excluding carboxylic acids is 2. The molecule has 1 amide bonds. The zero-order valence-corrected chi connectivity index (χ0v) is 13.6. The molecule has 1 saturated heterocycles. The molecule has 0 aromatic heterocycles. The third-order valence-corrected chi connectivity index (χ3v) is 7.17. The summed E-state index contributed by atoms with van der Waals surface area (Å²) in [4.78, 5) is 38.7. The zero-order chi connectivity index (χ0) is 16.3. The van der Waals surface area contributed by atoms with Crippen molar-refractivity contribution in [3.8, 4) is 0 Å². The summed E-state index contributed by atoms with van der Waals surface area (Å²) in [5.41, 5.74) is -1.39. The van der Waals surface area contributed by atoms with E-state index in [1.54, 1.807) is 4.90 Å². The van der Waals surface area contributed by atoms with Gasteiger partial charge < -0.3 is 10.0 Å². The molecule has 2 aliphatic carbocycles. The van der Waals surface area contributed by atoms with E-state index >= 15 is 0 Å². The van der Waals surface area contributed by atoms with Gasteiger partial charge in [-0.1, -0.05) is 20.8 Å². The number of piperidine rings is 1. The third-order valence-electron chi connectivity index (χ3n) is 7.17. The third kappa shape index (κ3) is 1.68. The minimum absolute atomic E-state index is 0.0121. The van der Waals surface area contributed by atoms with Gasteiger partial charge in [0.25, 0.3) is 0 Å². The molecule has 2 bridgehead atoms. The van der Waals surface area contributed by atoms with Gasteiger partial charge in [0.1, 0.15) is 5.78 Å². The van der Waals surface area contributed by atoms with Crippen LogP contribution in [0, 0.1) is 22.2 Å². The van der Waals surface area contributed by atoms with Crippen LogP contribution in [0.25, 0.3) is 0 Å². The van der Waals surface area contributed by atoms with Gasteiger partial charge in [-0.3, -0.25) is 14.4 Å². The van der Waals surface area contributed by atoms with Crippen LogP contribution in [0.1, 0.15) is 52.9 Å².